The molecule has 2 atom stereocenters. The summed E-state index contributed by atoms with van der Waals surface area (Å²) in [6.45, 7) is 5.92. The first-order valence-corrected chi connectivity index (χ1v) is 15.0. The summed E-state index contributed by atoms with van der Waals surface area (Å²) < 4.78 is 0. The fourth-order valence-corrected chi connectivity index (χ4v) is 5.20. The fraction of sp³-hybridized carbons (Fsp3) is 0.265. The Bertz CT molecular complexity index is 1420. The van der Waals surface area contributed by atoms with E-state index in [1.165, 1.54) is 11.1 Å². The first-order chi connectivity index (χ1) is 19.7. The maximum atomic E-state index is 12.8. The lowest BCUT2D eigenvalue weighted by Gasteiger charge is -2.15. The lowest BCUT2D eigenvalue weighted by atomic mass is 10.0. The van der Waals surface area contributed by atoms with Gasteiger partial charge in [0.1, 0.15) is 0 Å². The van der Waals surface area contributed by atoms with Gasteiger partial charge < -0.3 is 16.0 Å². The van der Waals surface area contributed by atoms with E-state index in [1.54, 1.807) is 0 Å². The summed E-state index contributed by atoms with van der Waals surface area (Å²) in [4.78, 5) is 12.8. The SMILES string of the molecule is CC(Cc1ccc(NC(=O)c2ccc(CC(C)NCc3ccc(Cl)c(Cl)c3)cc2)cc1)NCCc1cccc(Cl)c1. The number of carbonyl (C=O) groups excluding carboxylic acids is 1. The smallest absolute Gasteiger partial charge is 0.255 e. The van der Waals surface area contributed by atoms with E-state index in [2.05, 4.69) is 48.0 Å². The van der Waals surface area contributed by atoms with Crippen molar-refractivity contribution in [2.75, 3.05) is 11.9 Å². The molecule has 0 aromatic heterocycles. The van der Waals surface area contributed by atoms with E-state index in [0.29, 0.717) is 28.2 Å². The topological polar surface area (TPSA) is 53.2 Å². The molecular formula is C34H36Cl3N3O. The zero-order valence-electron chi connectivity index (χ0n) is 23.4. The van der Waals surface area contributed by atoms with Gasteiger partial charge in [-0.3, -0.25) is 4.79 Å². The Morgan fingerprint density at radius 1 is 0.683 bits per heavy atom. The van der Waals surface area contributed by atoms with Crippen molar-refractivity contribution in [1.82, 2.24) is 10.6 Å². The molecule has 7 heteroatoms. The van der Waals surface area contributed by atoms with Crippen LogP contribution in [-0.2, 0) is 25.8 Å². The van der Waals surface area contributed by atoms with Crippen LogP contribution in [0.15, 0.2) is 91.0 Å². The molecule has 0 spiro atoms. The molecule has 0 aliphatic heterocycles. The summed E-state index contributed by atoms with van der Waals surface area (Å²) in [6.07, 6.45) is 2.69. The second-order valence-corrected chi connectivity index (χ2v) is 11.8. The molecule has 0 aliphatic carbocycles. The second kappa shape index (κ2) is 15.4. The third kappa shape index (κ3) is 10.2. The normalized spacial score (nSPS) is 12.6. The van der Waals surface area contributed by atoms with Crippen molar-refractivity contribution in [1.29, 1.82) is 0 Å². The molecule has 41 heavy (non-hydrogen) atoms. The predicted octanol–water partition coefficient (Wildman–Crippen LogP) is 8.38. The molecule has 0 aliphatic rings. The first kappa shape index (κ1) is 31.1. The maximum Gasteiger partial charge on any atom is 0.255 e. The van der Waals surface area contributed by atoms with Crippen molar-refractivity contribution in [3.8, 4) is 0 Å². The van der Waals surface area contributed by atoms with Crippen molar-refractivity contribution < 1.29 is 4.79 Å². The van der Waals surface area contributed by atoms with E-state index in [4.69, 9.17) is 34.8 Å². The van der Waals surface area contributed by atoms with Crippen molar-refractivity contribution in [2.45, 2.75) is 51.7 Å². The maximum absolute atomic E-state index is 12.8. The standard InChI is InChI=1S/C34H36Cl3N3O/c1-23(38-17-16-25-4-3-5-30(35)20-25)18-27-8-13-31(14-9-27)40-34(41)29-11-6-26(7-12-29)19-24(2)39-22-28-10-15-32(36)33(37)21-28/h3-15,20-21,23-24,38-39H,16-19,22H2,1-2H3,(H,40,41). The molecule has 214 valence electrons. The number of benzene rings is 4. The Morgan fingerprint density at radius 2 is 1.32 bits per heavy atom. The molecule has 0 saturated carbocycles. The van der Waals surface area contributed by atoms with E-state index >= 15 is 0 Å². The van der Waals surface area contributed by atoms with E-state index in [9.17, 15) is 4.79 Å². The zero-order valence-corrected chi connectivity index (χ0v) is 25.7. The van der Waals surface area contributed by atoms with Crippen LogP contribution in [0.4, 0.5) is 5.69 Å². The lowest BCUT2D eigenvalue weighted by Crippen LogP contribution is -2.30. The lowest BCUT2D eigenvalue weighted by molar-refractivity contribution is 0.102. The van der Waals surface area contributed by atoms with Crippen LogP contribution in [0, 0.1) is 0 Å². The number of nitrogens with one attached hydrogen (secondary N) is 3. The van der Waals surface area contributed by atoms with Gasteiger partial charge >= 0.3 is 0 Å². The highest BCUT2D eigenvalue weighted by Crippen LogP contribution is 2.22. The molecule has 3 N–H and O–H groups in total. The molecule has 0 bridgehead atoms. The van der Waals surface area contributed by atoms with Crippen LogP contribution in [0.1, 0.15) is 46.5 Å². The largest absolute Gasteiger partial charge is 0.322 e. The third-order valence-electron chi connectivity index (χ3n) is 6.95. The Labute approximate surface area is 258 Å². The van der Waals surface area contributed by atoms with Crippen molar-refractivity contribution in [3.05, 3.63) is 134 Å². The zero-order chi connectivity index (χ0) is 29.2. The van der Waals surface area contributed by atoms with Gasteiger partial charge in [-0.15, -0.1) is 0 Å². The first-order valence-electron chi connectivity index (χ1n) is 13.9. The summed E-state index contributed by atoms with van der Waals surface area (Å²) in [5, 5.41) is 12.0. The quantitative estimate of drug-likeness (QED) is 0.143. The second-order valence-electron chi connectivity index (χ2n) is 10.5. The highest BCUT2D eigenvalue weighted by Gasteiger charge is 2.10. The van der Waals surface area contributed by atoms with Gasteiger partial charge in [-0.2, -0.15) is 0 Å². The Hall–Kier alpha value is -2.86. The molecule has 0 heterocycles. The summed E-state index contributed by atoms with van der Waals surface area (Å²) >= 11 is 18.2. The molecule has 0 fully saturated rings. The number of rotatable bonds is 13. The molecule has 4 rings (SSSR count). The van der Waals surface area contributed by atoms with Gasteiger partial charge in [-0.1, -0.05) is 77.3 Å². The molecule has 4 nitrogen and oxygen atoms in total. The molecule has 0 saturated heterocycles. The number of anilines is 1. The average molecular weight is 609 g/mol. The van der Waals surface area contributed by atoms with Crippen LogP contribution >= 0.6 is 34.8 Å². The minimum absolute atomic E-state index is 0.119. The molecule has 4 aromatic carbocycles. The number of carbonyl (C=O) groups is 1. The fourth-order valence-electron chi connectivity index (χ4n) is 4.67. The highest BCUT2D eigenvalue weighted by atomic mass is 35.5. The van der Waals surface area contributed by atoms with Crippen molar-refractivity contribution in [3.63, 3.8) is 0 Å². The molecular weight excluding hydrogens is 573 g/mol. The monoisotopic (exact) mass is 607 g/mol. The van der Waals surface area contributed by atoms with Crippen molar-refractivity contribution in [2.24, 2.45) is 0 Å². The average Bonchev–Trinajstić information content (AvgIpc) is 2.95. The Balaban J connectivity index is 1.19. The third-order valence-corrected chi connectivity index (χ3v) is 7.92. The molecule has 0 radical (unpaired) electrons. The number of halogens is 3. The van der Waals surface area contributed by atoms with Gasteiger partial charge in [0.2, 0.25) is 0 Å². The van der Waals surface area contributed by atoms with Crippen LogP contribution in [-0.4, -0.2) is 24.5 Å². The summed E-state index contributed by atoms with van der Waals surface area (Å²) in [5.74, 6) is -0.119. The Morgan fingerprint density at radius 3 is 1.98 bits per heavy atom. The van der Waals surface area contributed by atoms with Crippen LogP contribution in [0.2, 0.25) is 15.1 Å². The summed E-state index contributed by atoms with van der Waals surface area (Å²) in [5.41, 5.74) is 6.11. The van der Waals surface area contributed by atoms with E-state index < -0.39 is 0 Å². The van der Waals surface area contributed by atoms with Gasteiger partial charge in [-0.25, -0.2) is 0 Å². The number of amides is 1. The van der Waals surface area contributed by atoms with E-state index in [0.717, 1.165) is 47.6 Å². The van der Waals surface area contributed by atoms with Crippen molar-refractivity contribution >= 4 is 46.4 Å². The van der Waals surface area contributed by atoms with Gasteiger partial charge in [-0.05, 0) is 110 Å². The van der Waals surface area contributed by atoms with E-state index in [-0.39, 0.29) is 11.9 Å². The number of hydrogen-bond acceptors (Lipinski definition) is 3. The van der Waals surface area contributed by atoms with Gasteiger partial charge in [0.15, 0.2) is 0 Å². The number of hydrogen-bond donors (Lipinski definition) is 3. The van der Waals surface area contributed by atoms with Crippen LogP contribution < -0.4 is 16.0 Å². The van der Waals surface area contributed by atoms with E-state index in [1.807, 2.05) is 72.8 Å². The van der Waals surface area contributed by atoms with Crippen LogP contribution in [0.25, 0.3) is 0 Å². The summed E-state index contributed by atoms with van der Waals surface area (Å²) in [7, 11) is 0. The van der Waals surface area contributed by atoms with Gasteiger partial charge in [0, 0.05) is 34.9 Å². The predicted molar refractivity (Wildman–Crippen MR) is 174 cm³/mol. The van der Waals surface area contributed by atoms with Gasteiger partial charge in [0.05, 0.1) is 10.0 Å². The molecule has 1 amide bonds. The molecule has 4 aromatic rings. The molecule has 2 unspecified atom stereocenters. The van der Waals surface area contributed by atoms with Gasteiger partial charge in [0.25, 0.3) is 5.91 Å². The van der Waals surface area contributed by atoms with Crippen LogP contribution in [0.3, 0.4) is 0 Å². The highest BCUT2D eigenvalue weighted by molar-refractivity contribution is 6.42. The minimum Gasteiger partial charge on any atom is -0.322 e. The summed E-state index contributed by atoms with van der Waals surface area (Å²) in [6, 6.07) is 30.1. The Kier molecular flexibility index (Phi) is 11.7. The minimum atomic E-state index is -0.119. The van der Waals surface area contributed by atoms with Crippen LogP contribution in [0.5, 0.6) is 0 Å².